The Morgan fingerprint density at radius 2 is 1.69 bits per heavy atom. The van der Waals surface area contributed by atoms with Crippen molar-refractivity contribution >= 4 is 0 Å². The molecular formula is C13H29NO2. The predicted octanol–water partition coefficient (Wildman–Crippen LogP) is 2.14. The normalized spacial score (nSPS) is 16.1. The third-order valence-corrected chi connectivity index (χ3v) is 3.01. The lowest BCUT2D eigenvalue weighted by atomic mass is 10.0. The molecule has 0 radical (unpaired) electrons. The fourth-order valence-electron chi connectivity index (χ4n) is 1.63. The van der Waals surface area contributed by atoms with Gasteiger partial charge in [0.15, 0.2) is 0 Å². The van der Waals surface area contributed by atoms with E-state index in [1.165, 1.54) is 0 Å². The fourth-order valence-corrected chi connectivity index (χ4v) is 1.63. The maximum atomic E-state index is 9.86. The highest BCUT2D eigenvalue weighted by Gasteiger charge is 2.18. The SMILES string of the molecule is CCN(CC(O)COC(C)C)C(C)C(C)C. The van der Waals surface area contributed by atoms with Gasteiger partial charge in [0.25, 0.3) is 0 Å². The van der Waals surface area contributed by atoms with Crippen LogP contribution in [-0.2, 0) is 4.74 Å². The number of hydrogen-bond acceptors (Lipinski definition) is 3. The van der Waals surface area contributed by atoms with Gasteiger partial charge < -0.3 is 9.84 Å². The summed E-state index contributed by atoms with van der Waals surface area (Å²) < 4.78 is 5.41. The standard InChI is InChI=1S/C13H29NO2/c1-7-14(12(6)10(2)3)8-13(15)9-16-11(4)5/h10-13,15H,7-9H2,1-6H3. The van der Waals surface area contributed by atoms with Crippen molar-refractivity contribution in [2.24, 2.45) is 5.92 Å². The van der Waals surface area contributed by atoms with Gasteiger partial charge in [-0.2, -0.15) is 0 Å². The monoisotopic (exact) mass is 231 g/mol. The fraction of sp³-hybridized carbons (Fsp3) is 1.00. The molecule has 3 heteroatoms. The van der Waals surface area contributed by atoms with Crippen LogP contribution in [0.1, 0.15) is 41.5 Å². The molecule has 0 heterocycles. The number of hydrogen-bond donors (Lipinski definition) is 1. The van der Waals surface area contributed by atoms with Gasteiger partial charge in [-0.25, -0.2) is 0 Å². The Hall–Kier alpha value is -0.120. The van der Waals surface area contributed by atoms with E-state index in [0.717, 1.165) is 6.54 Å². The zero-order valence-corrected chi connectivity index (χ0v) is 11.7. The van der Waals surface area contributed by atoms with Crippen molar-refractivity contribution in [3.63, 3.8) is 0 Å². The van der Waals surface area contributed by atoms with Gasteiger partial charge in [-0.15, -0.1) is 0 Å². The van der Waals surface area contributed by atoms with Crippen LogP contribution in [0.2, 0.25) is 0 Å². The molecule has 0 rings (SSSR count). The Morgan fingerprint density at radius 3 is 2.06 bits per heavy atom. The van der Waals surface area contributed by atoms with E-state index < -0.39 is 0 Å². The van der Waals surface area contributed by atoms with Gasteiger partial charge in [-0.3, -0.25) is 4.90 Å². The summed E-state index contributed by atoms with van der Waals surface area (Å²) in [4.78, 5) is 2.30. The second-order valence-electron chi connectivity index (χ2n) is 5.11. The Balaban J connectivity index is 4.01. The van der Waals surface area contributed by atoms with E-state index in [4.69, 9.17) is 4.74 Å². The van der Waals surface area contributed by atoms with E-state index in [0.29, 0.717) is 25.1 Å². The molecule has 0 aromatic rings. The molecule has 2 unspecified atom stereocenters. The molecule has 0 saturated carbocycles. The molecule has 0 saturated heterocycles. The van der Waals surface area contributed by atoms with E-state index in [1.54, 1.807) is 0 Å². The minimum absolute atomic E-state index is 0.187. The van der Waals surface area contributed by atoms with Crippen molar-refractivity contribution in [1.82, 2.24) is 4.90 Å². The molecule has 0 aliphatic heterocycles. The van der Waals surface area contributed by atoms with E-state index in [1.807, 2.05) is 13.8 Å². The van der Waals surface area contributed by atoms with Crippen LogP contribution >= 0.6 is 0 Å². The molecule has 0 aromatic carbocycles. The van der Waals surface area contributed by atoms with E-state index in [-0.39, 0.29) is 12.2 Å². The summed E-state index contributed by atoms with van der Waals surface area (Å²) in [6.45, 7) is 14.8. The van der Waals surface area contributed by atoms with Crippen LogP contribution in [0.15, 0.2) is 0 Å². The van der Waals surface area contributed by atoms with Crippen LogP contribution in [-0.4, -0.2) is 48.0 Å². The highest BCUT2D eigenvalue weighted by atomic mass is 16.5. The first-order chi connectivity index (χ1) is 7.38. The van der Waals surface area contributed by atoms with Gasteiger partial charge in [0.05, 0.1) is 18.8 Å². The third-order valence-electron chi connectivity index (χ3n) is 3.01. The van der Waals surface area contributed by atoms with Crippen molar-refractivity contribution < 1.29 is 9.84 Å². The van der Waals surface area contributed by atoms with Crippen LogP contribution in [0.5, 0.6) is 0 Å². The number of likely N-dealkylation sites (N-methyl/N-ethyl adjacent to an activating group) is 1. The molecule has 0 spiro atoms. The van der Waals surface area contributed by atoms with E-state index in [2.05, 4.69) is 32.6 Å². The van der Waals surface area contributed by atoms with Crippen LogP contribution in [0.3, 0.4) is 0 Å². The molecule has 98 valence electrons. The second kappa shape index (κ2) is 8.04. The third kappa shape index (κ3) is 6.46. The molecule has 0 aliphatic rings. The molecule has 0 fully saturated rings. The molecule has 3 nitrogen and oxygen atoms in total. The van der Waals surface area contributed by atoms with E-state index >= 15 is 0 Å². The first kappa shape index (κ1) is 15.9. The van der Waals surface area contributed by atoms with Crippen molar-refractivity contribution in [3.05, 3.63) is 0 Å². The van der Waals surface area contributed by atoms with Crippen molar-refractivity contribution in [2.45, 2.75) is 59.8 Å². The minimum Gasteiger partial charge on any atom is -0.389 e. The quantitative estimate of drug-likeness (QED) is 0.694. The number of aliphatic hydroxyl groups is 1. The molecule has 1 N–H and O–H groups in total. The van der Waals surface area contributed by atoms with Gasteiger partial charge in [0, 0.05) is 12.6 Å². The van der Waals surface area contributed by atoms with Gasteiger partial charge in [-0.1, -0.05) is 20.8 Å². The van der Waals surface area contributed by atoms with Gasteiger partial charge in [0.2, 0.25) is 0 Å². The molecule has 0 amide bonds. The lowest BCUT2D eigenvalue weighted by Gasteiger charge is -2.32. The summed E-state index contributed by atoms with van der Waals surface area (Å²) in [6, 6.07) is 0.499. The summed E-state index contributed by atoms with van der Waals surface area (Å²) in [6.07, 6.45) is -0.198. The average Bonchev–Trinajstić information content (AvgIpc) is 2.21. The first-order valence-corrected chi connectivity index (χ1v) is 6.42. The summed E-state index contributed by atoms with van der Waals surface area (Å²) >= 11 is 0. The Bertz CT molecular complexity index is 171. The van der Waals surface area contributed by atoms with Crippen molar-refractivity contribution in [2.75, 3.05) is 19.7 Å². The topological polar surface area (TPSA) is 32.7 Å². The average molecular weight is 231 g/mol. The first-order valence-electron chi connectivity index (χ1n) is 6.42. The number of nitrogens with zero attached hydrogens (tertiary/aromatic N) is 1. The maximum absolute atomic E-state index is 9.86. The van der Waals surface area contributed by atoms with Gasteiger partial charge >= 0.3 is 0 Å². The highest BCUT2D eigenvalue weighted by molar-refractivity contribution is 4.72. The largest absolute Gasteiger partial charge is 0.389 e. The number of aliphatic hydroxyl groups excluding tert-OH is 1. The summed E-state index contributed by atoms with van der Waals surface area (Å²) in [7, 11) is 0. The van der Waals surface area contributed by atoms with Crippen LogP contribution in [0.4, 0.5) is 0 Å². The Morgan fingerprint density at radius 1 is 1.12 bits per heavy atom. The Labute approximate surface area is 101 Å². The van der Waals surface area contributed by atoms with Crippen molar-refractivity contribution in [3.8, 4) is 0 Å². The molecule has 0 bridgehead atoms. The smallest absolute Gasteiger partial charge is 0.0900 e. The highest BCUT2D eigenvalue weighted by Crippen LogP contribution is 2.10. The number of rotatable bonds is 8. The van der Waals surface area contributed by atoms with Gasteiger partial charge in [-0.05, 0) is 33.2 Å². The molecule has 0 aliphatic carbocycles. The lowest BCUT2D eigenvalue weighted by molar-refractivity contribution is -0.0151. The zero-order valence-electron chi connectivity index (χ0n) is 11.7. The maximum Gasteiger partial charge on any atom is 0.0900 e. The summed E-state index contributed by atoms with van der Waals surface area (Å²) in [5, 5.41) is 9.86. The molecular weight excluding hydrogens is 202 g/mol. The Kier molecular flexibility index (Phi) is 7.98. The summed E-state index contributed by atoms with van der Waals surface area (Å²) in [5.41, 5.74) is 0. The second-order valence-corrected chi connectivity index (χ2v) is 5.11. The van der Waals surface area contributed by atoms with Crippen LogP contribution in [0, 0.1) is 5.92 Å². The zero-order chi connectivity index (χ0) is 12.7. The molecule has 16 heavy (non-hydrogen) atoms. The predicted molar refractivity (Wildman–Crippen MR) is 68.6 cm³/mol. The van der Waals surface area contributed by atoms with Crippen LogP contribution in [0.25, 0.3) is 0 Å². The minimum atomic E-state index is -0.386. The molecule has 0 aromatic heterocycles. The van der Waals surface area contributed by atoms with E-state index in [9.17, 15) is 5.11 Å². The molecule has 2 atom stereocenters. The van der Waals surface area contributed by atoms with Crippen LogP contribution < -0.4 is 0 Å². The number of ether oxygens (including phenoxy) is 1. The van der Waals surface area contributed by atoms with Gasteiger partial charge in [0.1, 0.15) is 0 Å². The van der Waals surface area contributed by atoms with Crippen molar-refractivity contribution in [1.29, 1.82) is 0 Å². The lowest BCUT2D eigenvalue weighted by Crippen LogP contribution is -2.42. The summed E-state index contributed by atoms with van der Waals surface area (Å²) in [5.74, 6) is 0.609.